The Labute approximate surface area is 83.4 Å². The number of nitrogens with zero attached hydrogens (tertiary/aromatic N) is 1. The lowest BCUT2D eigenvalue weighted by atomic mass is 10.2. The van der Waals surface area contributed by atoms with E-state index in [2.05, 4.69) is 15.3 Å². The number of rotatable bonds is 4. The molecule has 1 rings (SSSR count). The maximum Gasteiger partial charge on any atom is 0.244 e. The number of hydrogen-bond donors (Lipinski definition) is 2. The first-order valence-electron chi connectivity index (χ1n) is 4.69. The van der Waals surface area contributed by atoms with Crippen LogP contribution in [0.2, 0.25) is 0 Å². The van der Waals surface area contributed by atoms with Gasteiger partial charge in [0.1, 0.15) is 0 Å². The SMILES string of the molecule is CCC(C)NC(=O)C=Cc1cnc[nH]1. The molecular weight excluding hydrogens is 178 g/mol. The maximum absolute atomic E-state index is 11.3. The van der Waals surface area contributed by atoms with Crippen LogP contribution in [0.1, 0.15) is 26.0 Å². The fourth-order valence-electron chi connectivity index (χ4n) is 0.916. The summed E-state index contributed by atoms with van der Waals surface area (Å²) >= 11 is 0. The molecule has 0 fully saturated rings. The number of amides is 1. The molecule has 0 spiro atoms. The first-order valence-corrected chi connectivity index (χ1v) is 4.69. The summed E-state index contributed by atoms with van der Waals surface area (Å²) in [5.74, 6) is -0.0750. The second-order valence-electron chi connectivity index (χ2n) is 3.16. The Morgan fingerprint density at radius 2 is 2.57 bits per heavy atom. The van der Waals surface area contributed by atoms with Crippen molar-refractivity contribution in [3.63, 3.8) is 0 Å². The van der Waals surface area contributed by atoms with Crippen LogP contribution in [0.4, 0.5) is 0 Å². The van der Waals surface area contributed by atoms with Gasteiger partial charge in [-0.15, -0.1) is 0 Å². The molecule has 1 unspecified atom stereocenters. The molecule has 0 saturated heterocycles. The average Bonchev–Trinajstić information content (AvgIpc) is 2.67. The highest BCUT2D eigenvalue weighted by molar-refractivity contribution is 5.91. The Kier molecular flexibility index (Phi) is 3.91. The fourth-order valence-corrected chi connectivity index (χ4v) is 0.916. The minimum atomic E-state index is -0.0750. The van der Waals surface area contributed by atoms with Gasteiger partial charge in [0.2, 0.25) is 5.91 Å². The third-order valence-corrected chi connectivity index (χ3v) is 1.93. The standard InChI is InChI=1S/C10H15N3O/c1-3-8(2)13-10(14)5-4-9-6-11-7-12-9/h4-8H,3H2,1-2H3,(H,11,12)(H,13,14). The van der Waals surface area contributed by atoms with Crippen molar-refractivity contribution in [1.29, 1.82) is 0 Å². The first kappa shape index (κ1) is 10.5. The summed E-state index contributed by atoms with van der Waals surface area (Å²) in [5.41, 5.74) is 0.823. The first-order chi connectivity index (χ1) is 6.72. The van der Waals surface area contributed by atoms with Gasteiger partial charge >= 0.3 is 0 Å². The minimum Gasteiger partial charge on any atom is -0.350 e. The predicted octanol–water partition coefficient (Wildman–Crippen LogP) is 1.34. The van der Waals surface area contributed by atoms with Gasteiger partial charge < -0.3 is 10.3 Å². The Balaban J connectivity index is 2.41. The van der Waals surface area contributed by atoms with Gasteiger partial charge in [-0.1, -0.05) is 6.92 Å². The van der Waals surface area contributed by atoms with Gasteiger partial charge in [0, 0.05) is 12.1 Å². The van der Waals surface area contributed by atoms with Crippen molar-refractivity contribution in [2.75, 3.05) is 0 Å². The van der Waals surface area contributed by atoms with Crippen LogP contribution in [-0.4, -0.2) is 21.9 Å². The minimum absolute atomic E-state index is 0.0750. The Morgan fingerprint density at radius 1 is 1.79 bits per heavy atom. The summed E-state index contributed by atoms with van der Waals surface area (Å²) in [5, 5.41) is 2.83. The van der Waals surface area contributed by atoms with E-state index >= 15 is 0 Å². The Morgan fingerprint density at radius 3 is 3.14 bits per heavy atom. The smallest absolute Gasteiger partial charge is 0.244 e. The van der Waals surface area contributed by atoms with Crippen LogP contribution in [-0.2, 0) is 4.79 Å². The molecule has 4 heteroatoms. The molecule has 0 aliphatic carbocycles. The van der Waals surface area contributed by atoms with Crippen LogP contribution < -0.4 is 5.32 Å². The number of H-pyrrole nitrogens is 1. The van der Waals surface area contributed by atoms with E-state index in [1.807, 2.05) is 13.8 Å². The number of carbonyl (C=O) groups is 1. The molecule has 1 amide bonds. The molecule has 76 valence electrons. The molecule has 0 aromatic carbocycles. The van der Waals surface area contributed by atoms with Crippen LogP contribution in [0.25, 0.3) is 6.08 Å². The summed E-state index contributed by atoms with van der Waals surface area (Å²) in [7, 11) is 0. The number of aromatic nitrogens is 2. The third-order valence-electron chi connectivity index (χ3n) is 1.93. The lowest BCUT2D eigenvalue weighted by Crippen LogP contribution is -2.30. The summed E-state index contributed by atoms with van der Waals surface area (Å²) in [4.78, 5) is 18.0. The Hall–Kier alpha value is -1.58. The van der Waals surface area contributed by atoms with Crippen LogP contribution >= 0.6 is 0 Å². The van der Waals surface area contributed by atoms with E-state index in [9.17, 15) is 4.79 Å². The maximum atomic E-state index is 11.3. The predicted molar refractivity (Wildman–Crippen MR) is 55.5 cm³/mol. The molecule has 1 aromatic rings. The van der Waals surface area contributed by atoms with Gasteiger partial charge in [-0.05, 0) is 19.4 Å². The molecule has 4 nitrogen and oxygen atoms in total. The lowest BCUT2D eigenvalue weighted by molar-refractivity contribution is -0.117. The van der Waals surface area contributed by atoms with E-state index in [0.717, 1.165) is 12.1 Å². The van der Waals surface area contributed by atoms with E-state index in [0.29, 0.717) is 0 Å². The van der Waals surface area contributed by atoms with Crippen molar-refractivity contribution >= 4 is 12.0 Å². The van der Waals surface area contributed by atoms with Gasteiger partial charge in [0.15, 0.2) is 0 Å². The fraction of sp³-hybridized carbons (Fsp3) is 0.400. The number of aromatic amines is 1. The second kappa shape index (κ2) is 5.21. The van der Waals surface area contributed by atoms with Crippen LogP contribution in [0, 0.1) is 0 Å². The summed E-state index contributed by atoms with van der Waals surface area (Å²) in [6.07, 6.45) is 7.37. The molecule has 0 radical (unpaired) electrons. The average molecular weight is 193 g/mol. The van der Waals surface area contributed by atoms with Crippen molar-refractivity contribution in [1.82, 2.24) is 15.3 Å². The zero-order valence-corrected chi connectivity index (χ0v) is 8.45. The monoisotopic (exact) mass is 193 g/mol. The van der Waals surface area contributed by atoms with E-state index < -0.39 is 0 Å². The topological polar surface area (TPSA) is 57.8 Å². The summed E-state index contributed by atoms with van der Waals surface area (Å²) < 4.78 is 0. The number of hydrogen-bond acceptors (Lipinski definition) is 2. The second-order valence-corrected chi connectivity index (χ2v) is 3.16. The van der Waals surface area contributed by atoms with Crippen molar-refractivity contribution in [3.8, 4) is 0 Å². The van der Waals surface area contributed by atoms with E-state index in [4.69, 9.17) is 0 Å². The zero-order valence-electron chi connectivity index (χ0n) is 8.45. The molecule has 2 N–H and O–H groups in total. The normalized spacial score (nSPS) is 13.0. The van der Waals surface area contributed by atoms with Gasteiger partial charge in [-0.2, -0.15) is 0 Å². The van der Waals surface area contributed by atoms with Gasteiger partial charge in [0.05, 0.1) is 18.2 Å². The largest absolute Gasteiger partial charge is 0.350 e. The third kappa shape index (κ3) is 3.43. The molecule has 1 aromatic heterocycles. The number of nitrogens with one attached hydrogen (secondary N) is 2. The molecule has 1 heterocycles. The quantitative estimate of drug-likeness (QED) is 0.709. The van der Waals surface area contributed by atoms with Gasteiger partial charge in [0.25, 0.3) is 0 Å². The van der Waals surface area contributed by atoms with E-state index in [1.165, 1.54) is 6.08 Å². The lowest BCUT2D eigenvalue weighted by Gasteiger charge is -2.08. The Bertz CT molecular complexity index is 303. The summed E-state index contributed by atoms with van der Waals surface area (Å²) in [6, 6.07) is 0.217. The van der Waals surface area contributed by atoms with Crippen molar-refractivity contribution in [3.05, 3.63) is 24.3 Å². The highest BCUT2D eigenvalue weighted by Gasteiger charge is 2.00. The van der Waals surface area contributed by atoms with E-state index in [1.54, 1.807) is 18.6 Å². The van der Waals surface area contributed by atoms with Gasteiger partial charge in [-0.3, -0.25) is 4.79 Å². The summed E-state index contributed by atoms with van der Waals surface area (Å²) in [6.45, 7) is 4.01. The van der Waals surface area contributed by atoms with Crippen molar-refractivity contribution < 1.29 is 4.79 Å². The molecule has 1 atom stereocenters. The van der Waals surface area contributed by atoms with Gasteiger partial charge in [-0.25, -0.2) is 4.98 Å². The highest BCUT2D eigenvalue weighted by Crippen LogP contribution is 1.94. The molecular formula is C10H15N3O. The van der Waals surface area contributed by atoms with Crippen molar-refractivity contribution in [2.24, 2.45) is 0 Å². The molecule has 14 heavy (non-hydrogen) atoms. The number of imidazole rings is 1. The van der Waals surface area contributed by atoms with E-state index in [-0.39, 0.29) is 11.9 Å². The van der Waals surface area contributed by atoms with Crippen LogP contribution in [0.15, 0.2) is 18.6 Å². The number of carbonyl (C=O) groups excluding carboxylic acids is 1. The molecule has 0 aliphatic rings. The zero-order chi connectivity index (χ0) is 10.4. The van der Waals surface area contributed by atoms with Crippen LogP contribution in [0.5, 0.6) is 0 Å². The molecule has 0 aliphatic heterocycles. The van der Waals surface area contributed by atoms with Crippen LogP contribution in [0.3, 0.4) is 0 Å². The van der Waals surface area contributed by atoms with Crippen molar-refractivity contribution in [2.45, 2.75) is 26.3 Å². The highest BCUT2D eigenvalue weighted by atomic mass is 16.1. The molecule has 0 bridgehead atoms. The molecule has 0 saturated carbocycles.